The van der Waals surface area contributed by atoms with Gasteiger partial charge in [-0.25, -0.2) is 4.98 Å². The van der Waals surface area contributed by atoms with Crippen LogP contribution >= 0.6 is 34.7 Å². The first-order chi connectivity index (χ1) is 13.4. The molecule has 2 aromatic heterocycles. The average molecular weight is 437 g/mol. The molecule has 0 unspecified atom stereocenters. The standard InChI is InChI=1S/C17H17ClN6O2S2/c1-10(15(26)21-16-19-7-8-27-16)28-17-23-22-13(24(17)2)9-14(25)20-12-5-3-11(18)4-6-12/h3-8,10H,9H2,1-2H3,(H,20,25)(H,19,21,26)/t10-/m0/s1. The highest BCUT2D eigenvalue weighted by atomic mass is 35.5. The van der Waals surface area contributed by atoms with Crippen LogP contribution in [0.3, 0.4) is 0 Å². The highest BCUT2D eigenvalue weighted by Gasteiger charge is 2.20. The summed E-state index contributed by atoms with van der Waals surface area (Å²) in [7, 11) is 1.76. The van der Waals surface area contributed by atoms with E-state index < -0.39 is 5.25 Å². The van der Waals surface area contributed by atoms with Crippen LogP contribution < -0.4 is 10.6 Å². The number of thioether (sulfide) groups is 1. The summed E-state index contributed by atoms with van der Waals surface area (Å²) in [6, 6.07) is 6.85. The maximum absolute atomic E-state index is 12.2. The first-order valence-electron chi connectivity index (χ1n) is 8.23. The fraction of sp³-hybridized carbons (Fsp3) is 0.235. The quantitative estimate of drug-likeness (QED) is 0.551. The molecule has 0 aliphatic heterocycles. The molecule has 0 bridgehead atoms. The molecule has 8 nitrogen and oxygen atoms in total. The molecule has 0 fully saturated rings. The number of hydrogen-bond acceptors (Lipinski definition) is 7. The van der Waals surface area contributed by atoms with Crippen molar-refractivity contribution in [3.8, 4) is 0 Å². The van der Waals surface area contributed by atoms with Gasteiger partial charge in [-0.3, -0.25) is 9.59 Å². The minimum absolute atomic E-state index is 0.0619. The zero-order valence-electron chi connectivity index (χ0n) is 15.0. The molecule has 0 radical (unpaired) electrons. The van der Waals surface area contributed by atoms with E-state index in [-0.39, 0.29) is 18.2 Å². The molecule has 146 valence electrons. The fourth-order valence-electron chi connectivity index (χ4n) is 2.19. The number of anilines is 2. The van der Waals surface area contributed by atoms with Crippen LogP contribution in [0.15, 0.2) is 41.0 Å². The summed E-state index contributed by atoms with van der Waals surface area (Å²) >= 11 is 8.45. The van der Waals surface area contributed by atoms with Crippen molar-refractivity contribution in [1.29, 1.82) is 0 Å². The molecule has 0 aliphatic carbocycles. The van der Waals surface area contributed by atoms with Gasteiger partial charge in [0.15, 0.2) is 10.3 Å². The van der Waals surface area contributed by atoms with Gasteiger partial charge < -0.3 is 15.2 Å². The lowest BCUT2D eigenvalue weighted by Crippen LogP contribution is -2.22. The van der Waals surface area contributed by atoms with E-state index in [1.165, 1.54) is 23.1 Å². The van der Waals surface area contributed by atoms with Crippen molar-refractivity contribution in [2.75, 3.05) is 10.6 Å². The number of carbonyl (C=O) groups excluding carboxylic acids is 2. The molecule has 28 heavy (non-hydrogen) atoms. The SMILES string of the molecule is C[C@H](Sc1nnc(CC(=O)Nc2ccc(Cl)cc2)n1C)C(=O)Nc1nccs1. The number of nitrogens with zero attached hydrogens (tertiary/aromatic N) is 4. The third kappa shape index (κ3) is 5.31. The zero-order valence-corrected chi connectivity index (χ0v) is 17.4. The number of thiazole rings is 1. The van der Waals surface area contributed by atoms with Crippen LogP contribution in [0.2, 0.25) is 5.02 Å². The van der Waals surface area contributed by atoms with Crippen molar-refractivity contribution in [2.45, 2.75) is 23.8 Å². The Labute approximate surface area is 174 Å². The van der Waals surface area contributed by atoms with Crippen molar-refractivity contribution < 1.29 is 9.59 Å². The Morgan fingerprint density at radius 1 is 1.25 bits per heavy atom. The first-order valence-corrected chi connectivity index (χ1v) is 10.4. The molecule has 0 spiro atoms. The second-order valence-corrected chi connectivity index (χ2v) is 8.42. The molecule has 2 amide bonds. The van der Waals surface area contributed by atoms with E-state index in [0.29, 0.717) is 26.8 Å². The second-order valence-electron chi connectivity index (χ2n) is 5.78. The van der Waals surface area contributed by atoms with Gasteiger partial charge in [0.2, 0.25) is 11.8 Å². The molecule has 2 heterocycles. The van der Waals surface area contributed by atoms with E-state index in [1.807, 2.05) is 0 Å². The highest BCUT2D eigenvalue weighted by Crippen LogP contribution is 2.23. The van der Waals surface area contributed by atoms with E-state index in [2.05, 4.69) is 25.8 Å². The maximum atomic E-state index is 12.2. The van der Waals surface area contributed by atoms with Gasteiger partial charge >= 0.3 is 0 Å². The number of nitrogens with one attached hydrogen (secondary N) is 2. The van der Waals surface area contributed by atoms with Gasteiger partial charge in [-0.2, -0.15) is 0 Å². The maximum Gasteiger partial charge on any atom is 0.239 e. The van der Waals surface area contributed by atoms with E-state index in [1.54, 1.807) is 54.4 Å². The Morgan fingerprint density at radius 2 is 2.00 bits per heavy atom. The molecule has 3 rings (SSSR count). The highest BCUT2D eigenvalue weighted by molar-refractivity contribution is 8.00. The zero-order chi connectivity index (χ0) is 20.1. The summed E-state index contributed by atoms with van der Waals surface area (Å²) in [5.74, 6) is 0.107. The van der Waals surface area contributed by atoms with Gasteiger partial charge in [0, 0.05) is 29.3 Å². The van der Waals surface area contributed by atoms with E-state index in [4.69, 9.17) is 11.6 Å². The van der Waals surface area contributed by atoms with Crippen LogP contribution in [0, 0.1) is 0 Å². The largest absolute Gasteiger partial charge is 0.326 e. The Balaban J connectivity index is 1.57. The lowest BCUT2D eigenvalue weighted by Gasteiger charge is -2.10. The Morgan fingerprint density at radius 3 is 2.68 bits per heavy atom. The minimum Gasteiger partial charge on any atom is -0.326 e. The Kier molecular flexibility index (Phi) is 6.65. The lowest BCUT2D eigenvalue weighted by atomic mass is 10.3. The van der Waals surface area contributed by atoms with Crippen LogP contribution in [0.1, 0.15) is 12.7 Å². The van der Waals surface area contributed by atoms with Gasteiger partial charge in [0.05, 0.1) is 11.7 Å². The summed E-state index contributed by atoms with van der Waals surface area (Å²) in [4.78, 5) is 28.5. The number of rotatable bonds is 7. The Hall–Kier alpha value is -2.43. The van der Waals surface area contributed by atoms with Crippen molar-refractivity contribution >= 4 is 57.3 Å². The van der Waals surface area contributed by atoms with Gasteiger partial charge in [0.25, 0.3) is 0 Å². The van der Waals surface area contributed by atoms with Crippen LogP contribution in [0.5, 0.6) is 0 Å². The molecular formula is C17H17ClN6O2S2. The van der Waals surface area contributed by atoms with Crippen LogP contribution in [-0.4, -0.2) is 36.8 Å². The normalized spacial score (nSPS) is 11.8. The van der Waals surface area contributed by atoms with E-state index in [9.17, 15) is 9.59 Å². The van der Waals surface area contributed by atoms with Crippen molar-refractivity contribution in [1.82, 2.24) is 19.7 Å². The summed E-state index contributed by atoms with van der Waals surface area (Å²) < 4.78 is 1.71. The fourth-order valence-corrected chi connectivity index (χ4v) is 3.68. The topological polar surface area (TPSA) is 102 Å². The second kappa shape index (κ2) is 9.18. The number of carbonyl (C=O) groups is 2. The van der Waals surface area contributed by atoms with Crippen LogP contribution in [0.25, 0.3) is 0 Å². The van der Waals surface area contributed by atoms with Crippen LogP contribution in [-0.2, 0) is 23.1 Å². The predicted octanol–water partition coefficient (Wildman–Crippen LogP) is 3.23. The average Bonchev–Trinajstić information content (AvgIpc) is 3.29. The number of hydrogen-bond donors (Lipinski definition) is 2. The summed E-state index contributed by atoms with van der Waals surface area (Å²) in [5, 5.41) is 16.8. The third-order valence-corrected chi connectivity index (χ3v) is 5.76. The first kappa shape index (κ1) is 20.3. The smallest absolute Gasteiger partial charge is 0.239 e. The molecule has 1 atom stereocenters. The summed E-state index contributed by atoms with van der Waals surface area (Å²) in [6.45, 7) is 1.77. The summed E-state index contributed by atoms with van der Waals surface area (Å²) in [5.41, 5.74) is 0.652. The monoisotopic (exact) mass is 436 g/mol. The lowest BCUT2D eigenvalue weighted by molar-refractivity contribution is -0.116. The molecule has 2 N–H and O–H groups in total. The third-order valence-electron chi connectivity index (χ3n) is 3.69. The number of amides is 2. The van der Waals surface area contributed by atoms with E-state index >= 15 is 0 Å². The molecule has 0 saturated carbocycles. The van der Waals surface area contributed by atoms with Gasteiger partial charge in [-0.1, -0.05) is 23.4 Å². The molecule has 0 saturated heterocycles. The van der Waals surface area contributed by atoms with Crippen molar-refractivity contribution in [2.24, 2.45) is 7.05 Å². The number of halogens is 1. The summed E-state index contributed by atoms with van der Waals surface area (Å²) in [6.07, 6.45) is 1.69. The van der Waals surface area contributed by atoms with Crippen molar-refractivity contribution in [3.63, 3.8) is 0 Å². The van der Waals surface area contributed by atoms with E-state index in [0.717, 1.165) is 0 Å². The number of aromatic nitrogens is 4. The molecule has 3 aromatic rings. The molecular weight excluding hydrogens is 420 g/mol. The minimum atomic E-state index is -0.400. The molecule has 11 heteroatoms. The number of benzene rings is 1. The van der Waals surface area contributed by atoms with Gasteiger partial charge in [0.1, 0.15) is 5.82 Å². The van der Waals surface area contributed by atoms with Gasteiger partial charge in [-0.15, -0.1) is 21.5 Å². The molecule has 0 aliphatic rings. The van der Waals surface area contributed by atoms with Gasteiger partial charge in [-0.05, 0) is 31.2 Å². The van der Waals surface area contributed by atoms with Crippen LogP contribution in [0.4, 0.5) is 10.8 Å². The predicted molar refractivity (Wildman–Crippen MR) is 111 cm³/mol. The molecule has 1 aromatic carbocycles. The Bertz CT molecular complexity index is 959. The van der Waals surface area contributed by atoms with Crippen molar-refractivity contribution in [3.05, 3.63) is 46.7 Å².